The van der Waals surface area contributed by atoms with Crippen LogP contribution in [0.2, 0.25) is 0 Å². The van der Waals surface area contributed by atoms with E-state index in [1.165, 1.54) is 22.3 Å². The van der Waals surface area contributed by atoms with Crippen molar-refractivity contribution in [3.05, 3.63) is 131 Å². The normalized spacial score (nSPS) is 12.3. The number of carbonyl (C=O) groups excluding carboxylic acids is 1. The molecule has 0 N–H and O–H groups in total. The molecule has 0 unspecified atom stereocenters. The predicted octanol–water partition coefficient (Wildman–Crippen LogP) is 6.18. The Balaban J connectivity index is 1.86. The van der Waals surface area contributed by atoms with Crippen molar-refractivity contribution in [2.24, 2.45) is 0 Å². The number of Topliss-reactive ketones (excluding diaryl/α,β-unsaturated/α-hetero) is 1. The largest absolute Gasteiger partial charge is 0.298 e. The molecule has 0 heterocycles. The molecule has 0 aliphatic heterocycles. The summed E-state index contributed by atoms with van der Waals surface area (Å²) in [5.74, 6) is 0.138. The highest BCUT2D eigenvalue weighted by Gasteiger charge is 2.43. The van der Waals surface area contributed by atoms with E-state index in [9.17, 15) is 4.79 Å². The lowest BCUT2D eigenvalue weighted by molar-refractivity contribution is -0.119. The molecule has 1 nitrogen and oxygen atoms in total. The van der Waals surface area contributed by atoms with Crippen LogP contribution in [0.3, 0.4) is 0 Å². The minimum absolute atomic E-state index is 0.138. The molecule has 4 aromatic rings. The van der Waals surface area contributed by atoms with Crippen molar-refractivity contribution in [3.63, 3.8) is 0 Å². The fourth-order valence-corrected chi connectivity index (χ4v) is 4.96. The fourth-order valence-electron chi connectivity index (χ4n) is 4.96. The summed E-state index contributed by atoms with van der Waals surface area (Å²) >= 11 is 0. The molecule has 0 atom stereocenters. The number of fused-ring (bicyclic) bond motifs is 3. The Labute approximate surface area is 171 Å². The highest BCUT2D eigenvalue weighted by Crippen LogP contribution is 2.47. The van der Waals surface area contributed by atoms with Crippen LogP contribution in [0.25, 0.3) is 11.1 Å². The first-order valence-corrected chi connectivity index (χ1v) is 10.1. The van der Waals surface area contributed by atoms with Gasteiger partial charge in [0, 0.05) is 0 Å². The lowest BCUT2D eigenvalue weighted by atomic mass is 9.65. The summed E-state index contributed by atoms with van der Waals surface area (Å²) in [6.45, 7) is 1.72. The van der Waals surface area contributed by atoms with E-state index in [2.05, 4.69) is 66.7 Å². The van der Waals surface area contributed by atoms with Gasteiger partial charge in [-0.05, 0) is 52.3 Å². The third-order valence-electron chi connectivity index (χ3n) is 6.20. The smallest absolute Gasteiger partial charge is 0.149 e. The van der Waals surface area contributed by atoms with Crippen molar-refractivity contribution in [2.45, 2.75) is 18.8 Å². The Hall–Kier alpha value is -3.45. The second kappa shape index (κ2) is 6.86. The molecule has 1 heteroatoms. The van der Waals surface area contributed by atoms with Gasteiger partial charge in [0.1, 0.15) is 11.2 Å². The van der Waals surface area contributed by atoms with E-state index in [0.29, 0.717) is 0 Å². The lowest BCUT2D eigenvalue weighted by Gasteiger charge is -2.35. The zero-order valence-corrected chi connectivity index (χ0v) is 16.4. The Morgan fingerprint density at radius 2 is 1.21 bits per heavy atom. The molecule has 0 spiro atoms. The van der Waals surface area contributed by atoms with Gasteiger partial charge in [-0.2, -0.15) is 0 Å². The topological polar surface area (TPSA) is 17.1 Å². The SMILES string of the molecule is CC(=O)C(c1ccccc1)(c1ccccc1)c1cccc2c1Cc1ccccc1-2. The van der Waals surface area contributed by atoms with Gasteiger partial charge in [0.25, 0.3) is 0 Å². The number of rotatable bonds is 4. The Morgan fingerprint density at radius 1 is 0.655 bits per heavy atom. The van der Waals surface area contributed by atoms with Crippen LogP contribution in [0.4, 0.5) is 0 Å². The van der Waals surface area contributed by atoms with Gasteiger partial charge >= 0.3 is 0 Å². The Morgan fingerprint density at radius 3 is 1.83 bits per heavy atom. The average molecular weight is 374 g/mol. The average Bonchev–Trinajstić information content (AvgIpc) is 3.15. The number of hydrogen-bond acceptors (Lipinski definition) is 1. The number of hydrogen-bond donors (Lipinski definition) is 0. The van der Waals surface area contributed by atoms with Crippen LogP contribution in [0.5, 0.6) is 0 Å². The minimum Gasteiger partial charge on any atom is -0.298 e. The first-order chi connectivity index (χ1) is 14.2. The lowest BCUT2D eigenvalue weighted by Crippen LogP contribution is -2.38. The quantitative estimate of drug-likeness (QED) is 0.343. The van der Waals surface area contributed by atoms with Crippen molar-refractivity contribution in [3.8, 4) is 11.1 Å². The molecule has 0 bridgehead atoms. The maximum Gasteiger partial charge on any atom is 0.149 e. The molecular formula is C28H22O. The number of benzene rings is 4. The zero-order valence-electron chi connectivity index (χ0n) is 16.4. The Kier molecular flexibility index (Phi) is 4.17. The number of carbonyl (C=O) groups is 1. The van der Waals surface area contributed by atoms with Gasteiger partial charge in [0.15, 0.2) is 0 Å². The summed E-state index contributed by atoms with van der Waals surface area (Å²) in [5, 5.41) is 0. The van der Waals surface area contributed by atoms with Crippen molar-refractivity contribution in [2.75, 3.05) is 0 Å². The summed E-state index contributed by atoms with van der Waals surface area (Å²) in [7, 11) is 0. The molecule has 5 rings (SSSR count). The second-order valence-electron chi connectivity index (χ2n) is 7.70. The molecule has 4 aromatic carbocycles. The molecule has 0 saturated carbocycles. The molecule has 29 heavy (non-hydrogen) atoms. The van der Waals surface area contributed by atoms with E-state index in [1.807, 2.05) is 36.4 Å². The first kappa shape index (κ1) is 17.6. The monoisotopic (exact) mass is 374 g/mol. The standard InChI is InChI=1S/C28H22O/c1-20(29)28(22-12-4-2-5-13-22,23-14-6-3-7-15-23)27-18-10-17-25-24-16-9-8-11-21(24)19-26(25)27/h2-18H,19H2,1H3. The summed E-state index contributed by atoms with van der Waals surface area (Å²) in [6, 6.07) is 35.4. The van der Waals surface area contributed by atoms with Gasteiger partial charge in [-0.1, -0.05) is 103 Å². The maximum absolute atomic E-state index is 13.5. The third-order valence-corrected chi connectivity index (χ3v) is 6.20. The maximum atomic E-state index is 13.5. The third kappa shape index (κ3) is 2.58. The summed E-state index contributed by atoms with van der Waals surface area (Å²) in [4.78, 5) is 13.5. The predicted molar refractivity (Wildman–Crippen MR) is 118 cm³/mol. The van der Waals surface area contributed by atoms with Crippen molar-refractivity contribution < 1.29 is 4.79 Å². The van der Waals surface area contributed by atoms with E-state index < -0.39 is 5.41 Å². The molecule has 0 amide bonds. The Bertz CT molecular complexity index is 1150. The highest BCUT2D eigenvalue weighted by atomic mass is 16.1. The molecule has 0 fully saturated rings. The molecule has 140 valence electrons. The van der Waals surface area contributed by atoms with E-state index in [1.54, 1.807) is 6.92 Å². The van der Waals surface area contributed by atoms with E-state index in [0.717, 1.165) is 23.1 Å². The summed E-state index contributed by atoms with van der Waals surface area (Å²) in [5.41, 5.74) is 7.42. The first-order valence-electron chi connectivity index (χ1n) is 10.1. The fraction of sp³-hybridized carbons (Fsp3) is 0.107. The van der Waals surface area contributed by atoms with Gasteiger partial charge in [-0.3, -0.25) is 4.79 Å². The van der Waals surface area contributed by atoms with Crippen molar-refractivity contribution >= 4 is 5.78 Å². The van der Waals surface area contributed by atoms with Crippen LogP contribution < -0.4 is 0 Å². The summed E-state index contributed by atoms with van der Waals surface area (Å²) in [6.07, 6.45) is 0.858. The van der Waals surface area contributed by atoms with E-state index >= 15 is 0 Å². The second-order valence-corrected chi connectivity index (χ2v) is 7.70. The molecular weight excluding hydrogens is 352 g/mol. The van der Waals surface area contributed by atoms with Gasteiger partial charge in [0.05, 0.1) is 0 Å². The van der Waals surface area contributed by atoms with Crippen molar-refractivity contribution in [1.29, 1.82) is 0 Å². The highest BCUT2D eigenvalue weighted by molar-refractivity contribution is 5.97. The number of ketones is 1. The van der Waals surface area contributed by atoms with Gasteiger partial charge in [-0.25, -0.2) is 0 Å². The van der Waals surface area contributed by atoms with E-state index in [-0.39, 0.29) is 5.78 Å². The molecule has 1 aliphatic carbocycles. The van der Waals surface area contributed by atoms with Crippen LogP contribution in [0.1, 0.15) is 34.7 Å². The molecule has 0 saturated heterocycles. The van der Waals surface area contributed by atoms with Crippen LogP contribution in [-0.2, 0) is 16.6 Å². The zero-order chi connectivity index (χ0) is 19.8. The van der Waals surface area contributed by atoms with Crippen LogP contribution >= 0.6 is 0 Å². The van der Waals surface area contributed by atoms with E-state index in [4.69, 9.17) is 0 Å². The molecule has 0 aromatic heterocycles. The van der Waals surface area contributed by atoms with Crippen molar-refractivity contribution in [1.82, 2.24) is 0 Å². The van der Waals surface area contributed by atoms with Crippen LogP contribution in [-0.4, -0.2) is 5.78 Å². The van der Waals surface area contributed by atoms with Crippen LogP contribution in [0.15, 0.2) is 103 Å². The van der Waals surface area contributed by atoms with Gasteiger partial charge in [0.2, 0.25) is 0 Å². The summed E-state index contributed by atoms with van der Waals surface area (Å²) < 4.78 is 0. The molecule has 1 aliphatic rings. The molecule has 0 radical (unpaired) electrons. The van der Waals surface area contributed by atoms with Crippen LogP contribution in [0, 0.1) is 0 Å². The van der Waals surface area contributed by atoms with Gasteiger partial charge in [-0.15, -0.1) is 0 Å². The van der Waals surface area contributed by atoms with Gasteiger partial charge < -0.3 is 0 Å². The minimum atomic E-state index is -0.824.